The Bertz CT molecular complexity index is 340. The van der Waals surface area contributed by atoms with Crippen molar-refractivity contribution in [2.75, 3.05) is 6.54 Å². The molecule has 1 aliphatic rings. The average Bonchev–Trinajstić information content (AvgIpc) is 2.64. The Balaban J connectivity index is 2.01. The Morgan fingerprint density at radius 1 is 1.50 bits per heavy atom. The number of hydrogen-bond donors (Lipinski definition) is 0. The summed E-state index contributed by atoms with van der Waals surface area (Å²) >= 11 is 3.19. The van der Waals surface area contributed by atoms with Gasteiger partial charge in [0.2, 0.25) is 0 Å². The molecule has 0 bridgehead atoms. The van der Waals surface area contributed by atoms with Gasteiger partial charge >= 0.3 is 0 Å². The van der Waals surface area contributed by atoms with Gasteiger partial charge in [0, 0.05) is 34.4 Å². The molecule has 1 aromatic rings. The summed E-state index contributed by atoms with van der Waals surface area (Å²) in [5.74, 6) is 0.810. The quantitative estimate of drug-likeness (QED) is 0.857. The van der Waals surface area contributed by atoms with Gasteiger partial charge in [-0.2, -0.15) is 4.98 Å². The number of halogens is 1. The summed E-state index contributed by atoms with van der Waals surface area (Å²) in [7, 11) is 0. The molecule has 1 atom stereocenters. The molecule has 0 radical (unpaired) electrons. The van der Waals surface area contributed by atoms with Crippen LogP contribution >= 0.6 is 15.9 Å². The monoisotopic (exact) mass is 287 g/mol. The molecule has 16 heavy (non-hydrogen) atoms. The molecule has 0 spiro atoms. The number of hydrogen-bond acceptors (Lipinski definition) is 4. The first-order valence-corrected chi connectivity index (χ1v) is 6.70. The maximum atomic E-state index is 4.94. The molecule has 0 aliphatic carbocycles. The number of likely N-dealkylation sites (tertiary alicyclic amines) is 1. The molecule has 1 fully saturated rings. The zero-order chi connectivity index (χ0) is 11.5. The lowest BCUT2D eigenvalue weighted by molar-refractivity contribution is 0.110. The first-order valence-electron chi connectivity index (χ1n) is 5.90. The van der Waals surface area contributed by atoms with Crippen LogP contribution in [0.2, 0.25) is 0 Å². The van der Waals surface area contributed by atoms with E-state index in [1.807, 2.05) is 0 Å². The zero-order valence-corrected chi connectivity index (χ0v) is 11.4. The predicted molar refractivity (Wildman–Crippen MR) is 65.2 cm³/mol. The lowest BCUT2D eigenvalue weighted by Gasteiger charge is -2.38. The third-order valence-corrected chi connectivity index (χ3v) is 3.52. The van der Waals surface area contributed by atoms with E-state index in [2.05, 4.69) is 44.8 Å². The first-order chi connectivity index (χ1) is 7.66. The van der Waals surface area contributed by atoms with Crippen LogP contribution in [0.1, 0.15) is 38.9 Å². The van der Waals surface area contributed by atoms with Crippen molar-refractivity contribution in [2.24, 2.45) is 0 Å². The molecular formula is C11H18BrN3O. The Morgan fingerprint density at radius 3 is 2.94 bits per heavy atom. The average molecular weight is 288 g/mol. The van der Waals surface area contributed by atoms with E-state index >= 15 is 0 Å². The maximum absolute atomic E-state index is 4.94. The molecular weight excluding hydrogens is 270 g/mol. The minimum atomic E-state index is 0.481. The van der Waals surface area contributed by atoms with Gasteiger partial charge in [-0.25, -0.2) is 0 Å². The van der Waals surface area contributed by atoms with Gasteiger partial charge in [0.25, 0.3) is 4.80 Å². The van der Waals surface area contributed by atoms with Crippen molar-refractivity contribution in [1.29, 1.82) is 0 Å². The van der Waals surface area contributed by atoms with E-state index < -0.39 is 0 Å². The van der Waals surface area contributed by atoms with Crippen LogP contribution in [0.15, 0.2) is 9.32 Å². The van der Waals surface area contributed by atoms with Crippen LogP contribution in [0.4, 0.5) is 0 Å². The summed E-state index contributed by atoms with van der Waals surface area (Å²) in [6.07, 6.45) is 4.76. The second kappa shape index (κ2) is 5.27. The molecule has 0 N–H and O–H groups in total. The summed E-state index contributed by atoms with van der Waals surface area (Å²) in [6.45, 7) is 5.70. The third kappa shape index (κ3) is 2.83. The van der Waals surface area contributed by atoms with Crippen molar-refractivity contribution in [2.45, 2.75) is 51.6 Å². The van der Waals surface area contributed by atoms with E-state index in [0.717, 1.165) is 12.2 Å². The fourth-order valence-corrected chi connectivity index (χ4v) is 2.73. The Hall–Kier alpha value is -0.420. The predicted octanol–water partition coefficient (Wildman–Crippen LogP) is 2.64. The maximum Gasteiger partial charge on any atom is 0.293 e. The highest BCUT2D eigenvalue weighted by molar-refractivity contribution is 9.10. The standard InChI is InChI=1S/C11H18BrN3O/c1-8(2)15-6-4-3-5-9(15)7-10-13-11(12)16-14-10/h8-9H,3-7H2,1-2H3. The molecule has 90 valence electrons. The van der Waals surface area contributed by atoms with Gasteiger partial charge in [0.1, 0.15) is 0 Å². The molecule has 4 nitrogen and oxygen atoms in total. The summed E-state index contributed by atoms with van der Waals surface area (Å²) in [5, 5.41) is 3.94. The number of nitrogens with zero attached hydrogens (tertiary/aromatic N) is 3. The van der Waals surface area contributed by atoms with E-state index in [0.29, 0.717) is 16.9 Å². The number of rotatable bonds is 3. The van der Waals surface area contributed by atoms with Crippen LogP contribution in [0.5, 0.6) is 0 Å². The van der Waals surface area contributed by atoms with Crippen LogP contribution < -0.4 is 0 Å². The van der Waals surface area contributed by atoms with Crippen molar-refractivity contribution in [1.82, 2.24) is 15.0 Å². The Morgan fingerprint density at radius 2 is 2.31 bits per heavy atom. The van der Waals surface area contributed by atoms with Crippen molar-refractivity contribution in [3.05, 3.63) is 10.6 Å². The van der Waals surface area contributed by atoms with Gasteiger partial charge in [-0.1, -0.05) is 11.6 Å². The molecule has 0 amide bonds. The fraction of sp³-hybridized carbons (Fsp3) is 0.818. The molecule has 1 saturated heterocycles. The van der Waals surface area contributed by atoms with Crippen molar-refractivity contribution < 1.29 is 4.52 Å². The minimum absolute atomic E-state index is 0.481. The highest BCUT2D eigenvalue weighted by Gasteiger charge is 2.25. The summed E-state index contributed by atoms with van der Waals surface area (Å²) < 4.78 is 4.94. The second-order valence-electron chi connectivity index (χ2n) is 4.65. The van der Waals surface area contributed by atoms with Crippen LogP contribution in [0.25, 0.3) is 0 Å². The Kier molecular flexibility index (Phi) is 3.97. The number of piperidine rings is 1. The van der Waals surface area contributed by atoms with Crippen LogP contribution in [0.3, 0.4) is 0 Å². The summed E-state index contributed by atoms with van der Waals surface area (Å²) in [6, 6.07) is 1.17. The molecule has 1 unspecified atom stereocenters. The molecule has 2 rings (SSSR count). The topological polar surface area (TPSA) is 42.2 Å². The van der Waals surface area contributed by atoms with E-state index in [4.69, 9.17) is 4.52 Å². The van der Waals surface area contributed by atoms with Gasteiger partial charge in [-0.05, 0) is 33.2 Å². The number of aromatic nitrogens is 2. The third-order valence-electron chi connectivity index (χ3n) is 3.20. The zero-order valence-electron chi connectivity index (χ0n) is 9.82. The van der Waals surface area contributed by atoms with Crippen LogP contribution in [0, 0.1) is 0 Å². The van der Waals surface area contributed by atoms with Gasteiger partial charge in [0.15, 0.2) is 5.82 Å². The normalized spacial score (nSPS) is 22.9. The minimum Gasteiger partial charge on any atom is -0.327 e. The largest absolute Gasteiger partial charge is 0.327 e. The smallest absolute Gasteiger partial charge is 0.293 e. The Labute approximate surface area is 105 Å². The van der Waals surface area contributed by atoms with Gasteiger partial charge in [0.05, 0.1) is 0 Å². The molecule has 0 aromatic carbocycles. The molecule has 1 aromatic heterocycles. The van der Waals surface area contributed by atoms with Crippen molar-refractivity contribution in [3.8, 4) is 0 Å². The van der Waals surface area contributed by atoms with Crippen LogP contribution in [-0.2, 0) is 6.42 Å². The van der Waals surface area contributed by atoms with Gasteiger partial charge in [-0.3, -0.25) is 4.90 Å². The van der Waals surface area contributed by atoms with Crippen molar-refractivity contribution in [3.63, 3.8) is 0 Å². The highest BCUT2D eigenvalue weighted by Crippen LogP contribution is 2.22. The summed E-state index contributed by atoms with van der Waals surface area (Å²) in [4.78, 5) is 7.24. The van der Waals surface area contributed by atoms with E-state index in [1.165, 1.54) is 25.8 Å². The summed E-state index contributed by atoms with van der Waals surface area (Å²) in [5.41, 5.74) is 0. The fourth-order valence-electron chi connectivity index (χ4n) is 2.45. The van der Waals surface area contributed by atoms with E-state index in [9.17, 15) is 0 Å². The van der Waals surface area contributed by atoms with E-state index in [-0.39, 0.29) is 0 Å². The molecule has 5 heteroatoms. The van der Waals surface area contributed by atoms with Crippen molar-refractivity contribution >= 4 is 15.9 Å². The van der Waals surface area contributed by atoms with E-state index in [1.54, 1.807) is 0 Å². The molecule has 2 heterocycles. The molecule has 1 aliphatic heterocycles. The highest BCUT2D eigenvalue weighted by atomic mass is 79.9. The first kappa shape index (κ1) is 12.0. The van der Waals surface area contributed by atoms with Gasteiger partial charge in [-0.15, -0.1) is 0 Å². The molecule has 0 saturated carbocycles. The SMILES string of the molecule is CC(C)N1CCCCC1Cc1noc(Br)n1. The second-order valence-corrected chi connectivity index (χ2v) is 5.33. The lowest BCUT2D eigenvalue weighted by Crippen LogP contribution is -2.45. The van der Waals surface area contributed by atoms with Crippen LogP contribution in [-0.4, -0.2) is 33.7 Å². The van der Waals surface area contributed by atoms with Gasteiger partial charge < -0.3 is 4.52 Å². The lowest BCUT2D eigenvalue weighted by atomic mass is 9.97.